The van der Waals surface area contributed by atoms with Crippen LogP contribution in [0.3, 0.4) is 0 Å². The highest BCUT2D eigenvalue weighted by Gasteiger charge is 2.24. The van der Waals surface area contributed by atoms with Crippen LogP contribution in [0.2, 0.25) is 0 Å². The highest BCUT2D eigenvalue weighted by molar-refractivity contribution is 5.26. The lowest BCUT2D eigenvalue weighted by atomic mass is 9.96. The van der Waals surface area contributed by atoms with E-state index in [0.29, 0.717) is 12.0 Å². The van der Waals surface area contributed by atoms with E-state index >= 15 is 0 Å². The number of nitrogens with zero attached hydrogens (tertiary/aromatic N) is 1. The maximum Gasteiger partial charge on any atom is 0.0917 e. The second-order valence-corrected chi connectivity index (χ2v) is 6.77. The number of β-amino-alcohol motifs (C(OH)–C–C–N with tert-alkyl or cyclic N) is 1. The zero-order chi connectivity index (χ0) is 15.2. The molecule has 2 unspecified atom stereocenters. The molecule has 0 radical (unpaired) electrons. The van der Waals surface area contributed by atoms with Crippen molar-refractivity contribution in [3.8, 4) is 0 Å². The van der Waals surface area contributed by atoms with Gasteiger partial charge in [-0.25, -0.2) is 0 Å². The van der Waals surface area contributed by atoms with Crippen molar-refractivity contribution in [2.45, 2.75) is 70.9 Å². The highest BCUT2D eigenvalue weighted by atomic mass is 16.3. The average molecular weight is 289 g/mol. The van der Waals surface area contributed by atoms with Gasteiger partial charge in [0.15, 0.2) is 0 Å². The van der Waals surface area contributed by atoms with Crippen molar-refractivity contribution in [3.63, 3.8) is 0 Å². The minimum atomic E-state index is -0.358. The third-order valence-electron chi connectivity index (χ3n) is 4.77. The lowest BCUT2D eigenvalue weighted by Gasteiger charge is -2.37. The maximum absolute atomic E-state index is 10.5. The summed E-state index contributed by atoms with van der Waals surface area (Å²) in [4.78, 5) is 2.51. The van der Waals surface area contributed by atoms with E-state index in [0.717, 1.165) is 18.7 Å². The van der Waals surface area contributed by atoms with Gasteiger partial charge in [0.05, 0.1) is 6.10 Å². The summed E-state index contributed by atoms with van der Waals surface area (Å²) in [6.45, 7) is 8.59. The van der Waals surface area contributed by atoms with Crippen LogP contribution in [0.5, 0.6) is 0 Å². The Morgan fingerprint density at radius 3 is 2.43 bits per heavy atom. The fraction of sp³-hybridized carbons (Fsp3) is 0.684. The molecule has 0 aliphatic carbocycles. The van der Waals surface area contributed by atoms with Gasteiger partial charge in [-0.3, -0.25) is 4.90 Å². The van der Waals surface area contributed by atoms with Crippen LogP contribution in [0.25, 0.3) is 0 Å². The van der Waals surface area contributed by atoms with Crippen molar-refractivity contribution in [3.05, 3.63) is 35.4 Å². The van der Waals surface area contributed by atoms with Crippen LogP contribution in [0.1, 0.15) is 76.0 Å². The van der Waals surface area contributed by atoms with Crippen LogP contribution in [0.15, 0.2) is 24.3 Å². The molecule has 1 aromatic rings. The van der Waals surface area contributed by atoms with Crippen LogP contribution in [-0.2, 0) is 0 Å². The molecule has 118 valence electrons. The number of hydrogen-bond acceptors (Lipinski definition) is 2. The topological polar surface area (TPSA) is 23.5 Å². The molecule has 2 heteroatoms. The molecule has 1 heterocycles. The first-order valence-corrected chi connectivity index (χ1v) is 8.63. The number of hydrogen-bond donors (Lipinski definition) is 1. The van der Waals surface area contributed by atoms with Crippen LogP contribution < -0.4 is 0 Å². The third-order valence-corrected chi connectivity index (χ3v) is 4.77. The van der Waals surface area contributed by atoms with Crippen molar-refractivity contribution in [2.75, 3.05) is 13.1 Å². The summed E-state index contributed by atoms with van der Waals surface area (Å²) in [6, 6.07) is 9.18. The van der Waals surface area contributed by atoms with E-state index < -0.39 is 0 Å². The SMILES string of the molecule is CCCC1CCCCN1CC(O)c1ccc(C(C)C)cc1. The van der Waals surface area contributed by atoms with E-state index in [-0.39, 0.29) is 6.10 Å². The zero-order valence-electron chi connectivity index (χ0n) is 13.9. The molecule has 1 aromatic carbocycles. The molecule has 2 atom stereocenters. The van der Waals surface area contributed by atoms with Crippen molar-refractivity contribution < 1.29 is 5.11 Å². The lowest BCUT2D eigenvalue weighted by molar-refractivity contribution is 0.0635. The summed E-state index contributed by atoms with van der Waals surface area (Å²) in [5.74, 6) is 0.548. The molecule has 0 spiro atoms. The summed E-state index contributed by atoms with van der Waals surface area (Å²) in [6.07, 6.45) is 6.06. The largest absolute Gasteiger partial charge is 0.387 e. The van der Waals surface area contributed by atoms with Gasteiger partial charge < -0.3 is 5.11 Å². The van der Waals surface area contributed by atoms with Crippen LogP contribution in [0, 0.1) is 0 Å². The van der Waals surface area contributed by atoms with Crippen molar-refractivity contribution in [2.24, 2.45) is 0 Å². The normalized spacial score (nSPS) is 21.7. The third kappa shape index (κ3) is 4.55. The zero-order valence-corrected chi connectivity index (χ0v) is 13.9. The minimum absolute atomic E-state index is 0.358. The Kier molecular flexibility index (Phi) is 6.25. The fourth-order valence-corrected chi connectivity index (χ4v) is 3.39. The van der Waals surface area contributed by atoms with E-state index in [2.05, 4.69) is 49.9 Å². The number of piperidine rings is 1. The number of likely N-dealkylation sites (tertiary alicyclic amines) is 1. The molecule has 0 saturated carbocycles. The summed E-state index contributed by atoms with van der Waals surface area (Å²) < 4.78 is 0. The molecule has 21 heavy (non-hydrogen) atoms. The Bertz CT molecular complexity index is 410. The average Bonchev–Trinajstić information content (AvgIpc) is 2.49. The first kappa shape index (κ1) is 16.5. The molecule has 1 saturated heterocycles. The van der Waals surface area contributed by atoms with E-state index in [1.807, 2.05) is 0 Å². The predicted octanol–water partition coefficient (Wildman–Crippen LogP) is 4.50. The second-order valence-electron chi connectivity index (χ2n) is 6.77. The molecule has 0 bridgehead atoms. The summed E-state index contributed by atoms with van der Waals surface area (Å²) in [7, 11) is 0. The second kappa shape index (κ2) is 7.95. The molecule has 2 nitrogen and oxygen atoms in total. The molecule has 0 aromatic heterocycles. The smallest absolute Gasteiger partial charge is 0.0917 e. The standard InChI is InChI=1S/C19H31NO/c1-4-7-18-8-5-6-13-20(18)14-19(21)17-11-9-16(10-12-17)15(2)3/h9-12,15,18-19,21H,4-8,13-14H2,1-3H3. The molecule has 2 rings (SSSR count). The Morgan fingerprint density at radius 1 is 1.14 bits per heavy atom. The summed E-state index contributed by atoms with van der Waals surface area (Å²) in [5.41, 5.74) is 2.40. The van der Waals surface area contributed by atoms with Crippen LogP contribution in [0.4, 0.5) is 0 Å². The van der Waals surface area contributed by atoms with Gasteiger partial charge in [0.1, 0.15) is 0 Å². The number of aliphatic hydroxyl groups is 1. The van der Waals surface area contributed by atoms with E-state index in [1.54, 1.807) is 0 Å². The number of benzene rings is 1. The quantitative estimate of drug-likeness (QED) is 0.833. The van der Waals surface area contributed by atoms with Gasteiger partial charge in [0.2, 0.25) is 0 Å². The Balaban J connectivity index is 1.97. The van der Waals surface area contributed by atoms with Gasteiger partial charge >= 0.3 is 0 Å². The van der Waals surface area contributed by atoms with Gasteiger partial charge in [-0.2, -0.15) is 0 Å². The molecule has 1 aliphatic heterocycles. The van der Waals surface area contributed by atoms with Crippen molar-refractivity contribution >= 4 is 0 Å². The first-order chi connectivity index (χ1) is 10.1. The Labute approximate surface area is 130 Å². The van der Waals surface area contributed by atoms with Crippen molar-refractivity contribution in [1.82, 2.24) is 4.90 Å². The molecular weight excluding hydrogens is 258 g/mol. The summed E-state index contributed by atoms with van der Waals surface area (Å²) in [5, 5.41) is 10.5. The van der Waals surface area contributed by atoms with Gasteiger partial charge in [-0.1, -0.05) is 57.9 Å². The van der Waals surface area contributed by atoms with Gasteiger partial charge in [0, 0.05) is 12.6 Å². The molecule has 1 fully saturated rings. The van der Waals surface area contributed by atoms with E-state index in [1.165, 1.54) is 37.7 Å². The number of rotatable bonds is 6. The maximum atomic E-state index is 10.5. The van der Waals surface area contributed by atoms with E-state index in [4.69, 9.17) is 0 Å². The van der Waals surface area contributed by atoms with E-state index in [9.17, 15) is 5.11 Å². The van der Waals surface area contributed by atoms with Crippen molar-refractivity contribution in [1.29, 1.82) is 0 Å². The highest BCUT2D eigenvalue weighted by Crippen LogP contribution is 2.25. The van der Waals surface area contributed by atoms with Crippen LogP contribution >= 0.6 is 0 Å². The predicted molar refractivity (Wildman–Crippen MR) is 89.6 cm³/mol. The molecule has 1 N–H and O–H groups in total. The molecule has 0 amide bonds. The lowest BCUT2D eigenvalue weighted by Crippen LogP contribution is -2.41. The van der Waals surface area contributed by atoms with Crippen LogP contribution in [-0.4, -0.2) is 29.1 Å². The van der Waals surface area contributed by atoms with Gasteiger partial charge in [-0.15, -0.1) is 0 Å². The fourth-order valence-electron chi connectivity index (χ4n) is 3.39. The monoisotopic (exact) mass is 289 g/mol. The van der Waals surface area contributed by atoms with Gasteiger partial charge in [-0.05, 0) is 42.9 Å². The Morgan fingerprint density at radius 2 is 1.81 bits per heavy atom. The van der Waals surface area contributed by atoms with Gasteiger partial charge in [0.25, 0.3) is 0 Å². The number of aliphatic hydroxyl groups excluding tert-OH is 1. The summed E-state index contributed by atoms with van der Waals surface area (Å²) >= 11 is 0. The minimum Gasteiger partial charge on any atom is -0.387 e. The molecular formula is C19H31NO. The Hall–Kier alpha value is -0.860. The molecule has 1 aliphatic rings. The first-order valence-electron chi connectivity index (χ1n) is 8.63.